The Kier molecular flexibility index (Phi) is 7.47. The molecule has 4 heteroatoms. The van der Waals surface area contributed by atoms with E-state index in [1.54, 1.807) is 6.20 Å². The Morgan fingerprint density at radius 2 is 1.77 bits per heavy atom. The molecule has 1 N–H and O–H groups in total. The van der Waals surface area contributed by atoms with E-state index < -0.39 is 0 Å². The van der Waals surface area contributed by atoms with Crippen LogP contribution in [0.15, 0.2) is 34.9 Å². The van der Waals surface area contributed by atoms with Crippen molar-refractivity contribution in [1.82, 2.24) is 10.3 Å². The number of oxazole rings is 1. The van der Waals surface area contributed by atoms with Gasteiger partial charge in [0.05, 0.1) is 12.7 Å². The zero-order chi connectivity index (χ0) is 15.6. The third kappa shape index (κ3) is 5.82. The smallest absolute Gasteiger partial charge is 0.208 e. The highest BCUT2D eigenvalue weighted by Crippen LogP contribution is 2.22. The summed E-state index contributed by atoms with van der Waals surface area (Å²) in [5, 5.41) is 4.12. The highest BCUT2D eigenvalue weighted by molar-refractivity contribution is 6.30. The van der Waals surface area contributed by atoms with Crippen molar-refractivity contribution >= 4 is 11.6 Å². The lowest BCUT2D eigenvalue weighted by Gasteiger charge is -2.02. The van der Waals surface area contributed by atoms with Crippen molar-refractivity contribution in [3.05, 3.63) is 41.4 Å². The number of nitrogens with zero attached hydrogens (tertiary/aromatic N) is 1. The van der Waals surface area contributed by atoms with Gasteiger partial charge in [-0.1, -0.05) is 50.6 Å². The van der Waals surface area contributed by atoms with Crippen molar-refractivity contribution in [2.75, 3.05) is 6.54 Å². The van der Waals surface area contributed by atoms with Crippen LogP contribution in [0.5, 0.6) is 0 Å². The molecular weight excluding hydrogens is 296 g/mol. The molecule has 0 radical (unpaired) electrons. The third-order valence-electron chi connectivity index (χ3n) is 3.67. The molecule has 0 saturated heterocycles. The van der Waals surface area contributed by atoms with Crippen LogP contribution in [0.4, 0.5) is 0 Å². The van der Waals surface area contributed by atoms with Gasteiger partial charge in [-0.2, -0.15) is 0 Å². The fourth-order valence-corrected chi connectivity index (χ4v) is 2.49. The van der Waals surface area contributed by atoms with Crippen LogP contribution in [-0.4, -0.2) is 11.5 Å². The molecule has 0 fully saturated rings. The number of hydrogen-bond acceptors (Lipinski definition) is 3. The average molecular weight is 321 g/mol. The van der Waals surface area contributed by atoms with E-state index in [4.69, 9.17) is 16.0 Å². The van der Waals surface area contributed by atoms with Gasteiger partial charge in [0.25, 0.3) is 0 Å². The largest absolute Gasteiger partial charge is 0.439 e. The zero-order valence-electron chi connectivity index (χ0n) is 13.3. The Morgan fingerprint density at radius 1 is 1.05 bits per heavy atom. The Balaban J connectivity index is 1.66. The van der Waals surface area contributed by atoms with E-state index in [0.29, 0.717) is 6.54 Å². The highest BCUT2D eigenvalue weighted by Gasteiger charge is 2.05. The molecule has 2 aromatic rings. The Bertz CT molecular complexity index is 536. The monoisotopic (exact) mass is 320 g/mol. The van der Waals surface area contributed by atoms with Gasteiger partial charge in [-0.25, -0.2) is 4.98 Å². The third-order valence-corrected chi connectivity index (χ3v) is 3.92. The summed E-state index contributed by atoms with van der Waals surface area (Å²) < 4.78 is 5.75. The van der Waals surface area contributed by atoms with Crippen molar-refractivity contribution in [2.24, 2.45) is 0 Å². The van der Waals surface area contributed by atoms with Gasteiger partial charge in [0.2, 0.25) is 5.89 Å². The van der Waals surface area contributed by atoms with Gasteiger partial charge in [0.15, 0.2) is 5.76 Å². The summed E-state index contributed by atoms with van der Waals surface area (Å²) in [6.45, 7) is 3.95. The van der Waals surface area contributed by atoms with Crippen LogP contribution in [0, 0.1) is 0 Å². The first kappa shape index (κ1) is 17.0. The lowest BCUT2D eigenvalue weighted by atomic mass is 10.1. The summed E-state index contributed by atoms with van der Waals surface area (Å²) in [7, 11) is 0. The summed E-state index contributed by atoms with van der Waals surface area (Å²) in [5.74, 6) is 1.52. The number of benzene rings is 1. The van der Waals surface area contributed by atoms with E-state index in [2.05, 4.69) is 17.2 Å². The van der Waals surface area contributed by atoms with Gasteiger partial charge in [0.1, 0.15) is 0 Å². The molecule has 0 amide bonds. The van der Waals surface area contributed by atoms with Gasteiger partial charge >= 0.3 is 0 Å². The van der Waals surface area contributed by atoms with E-state index in [0.717, 1.165) is 28.8 Å². The fraction of sp³-hybridized carbons (Fsp3) is 0.500. The molecule has 0 bridgehead atoms. The predicted octanol–water partition coefficient (Wildman–Crippen LogP) is 5.45. The normalized spacial score (nSPS) is 11.0. The molecule has 120 valence electrons. The van der Waals surface area contributed by atoms with Crippen LogP contribution in [-0.2, 0) is 6.54 Å². The van der Waals surface area contributed by atoms with E-state index in [-0.39, 0.29) is 0 Å². The quantitative estimate of drug-likeness (QED) is 0.592. The second-order valence-corrected chi connectivity index (χ2v) is 6.01. The van der Waals surface area contributed by atoms with Gasteiger partial charge < -0.3 is 9.73 Å². The minimum absolute atomic E-state index is 0.683. The average Bonchev–Trinajstić information content (AvgIpc) is 2.99. The van der Waals surface area contributed by atoms with E-state index in [1.807, 2.05) is 24.3 Å². The Hall–Kier alpha value is -1.32. The fourth-order valence-electron chi connectivity index (χ4n) is 2.37. The van der Waals surface area contributed by atoms with Crippen LogP contribution < -0.4 is 5.32 Å². The molecule has 0 aliphatic rings. The van der Waals surface area contributed by atoms with Crippen molar-refractivity contribution in [3.8, 4) is 11.3 Å². The SMILES string of the molecule is CCCCCCCCNCc1ncc(-c2ccc(Cl)cc2)o1. The zero-order valence-corrected chi connectivity index (χ0v) is 14.0. The lowest BCUT2D eigenvalue weighted by Crippen LogP contribution is -2.14. The first-order valence-electron chi connectivity index (χ1n) is 8.21. The lowest BCUT2D eigenvalue weighted by molar-refractivity contribution is 0.471. The van der Waals surface area contributed by atoms with Gasteiger partial charge in [0, 0.05) is 10.6 Å². The summed E-state index contributed by atoms with van der Waals surface area (Å²) in [6.07, 6.45) is 9.65. The number of nitrogens with one attached hydrogen (secondary N) is 1. The molecule has 0 aliphatic carbocycles. The molecule has 1 aromatic heterocycles. The minimum atomic E-state index is 0.683. The summed E-state index contributed by atoms with van der Waals surface area (Å²) in [6, 6.07) is 7.60. The highest BCUT2D eigenvalue weighted by atomic mass is 35.5. The first-order chi connectivity index (χ1) is 10.8. The molecule has 0 saturated carbocycles. The maximum atomic E-state index is 5.89. The number of unbranched alkanes of at least 4 members (excludes halogenated alkanes) is 5. The van der Waals surface area contributed by atoms with Crippen LogP contribution in [0.25, 0.3) is 11.3 Å². The molecule has 22 heavy (non-hydrogen) atoms. The van der Waals surface area contributed by atoms with E-state index in [9.17, 15) is 0 Å². The van der Waals surface area contributed by atoms with Crippen LogP contribution in [0.1, 0.15) is 51.3 Å². The van der Waals surface area contributed by atoms with E-state index in [1.165, 1.54) is 38.5 Å². The van der Waals surface area contributed by atoms with Crippen molar-refractivity contribution < 1.29 is 4.42 Å². The van der Waals surface area contributed by atoms with E-state index >= 15 is 0 Å². The maximum Gasteiger partial charge on any atom is 0.208 e. The summed E-state index contributed by atoms with van der Waals surface area (Å²) in [4.78, 5) is 4.31. The first-order valence-corrected chi connectivity index (χ1v) is 8.58. The van der Waals surface area contributed by atoms with Gasteiger partial charge in [-0.05, 0) is 37.2 Å². The standard InChI is InChI=1S/C18H25ClN2O/c1-2-3-4-5-6-7-12-20-14-18-21-13-17(22-18)15-8-10-16(19)11-9-15/h8-11,13,20H,2-7,12,14H2,1H3. The van der Waals surface area contributed by atoms with Crippen LogP contribution in [0.2, 0.25) is 5.02 Å². The number of aromatic nitrogens is 1. The molecule has 0 unspecified atom stereocenters. The Labute approximate surface area is 138 Å². The molecule has 1 aromatic carbocycles. The minimum Gasteiger partial charge on any atom is -0.439 e. The molecule has 0 aliphatic heterocycles. The predicted molar refractivity (Wildman–Crippen MR) is 92.0 cm³/mol. The topological polar surface area (TPSA) is 38.1 Å². The number of rotatable bonds is 10. The van der Waals surface area contributed by atoms with Crippen molar-refractivity contribution in [2.45, 2.75) is 52.0 Å². The second kappa shape index (κ2) is 9.65. The molecule has 2 rings (SSSR count). The summed E-state index contributed by atoms with van der Waals surface area (Å²) >= 11 is 5.89. The van der Waals surface area contributed by atoms with Gasteiger partial charge in [-0.15, -0.1) is 0 Å². The van der Waals surface area contributed by atoms with Crippen molar-refractivity contribution in [1.29, 1.82) is 0 Å². The van der Waals surface area contributed by atoms with Gasteiger partial charge in [-0.3, -0.25) is 0 Å². The molecule has 0 atom stereocenters. The molecule has 3 nitrogen and oxygen atoms in total. The molecule has 1 heterocycles. The second-order valence-electron chi connectivity index (χ2n) is 5.57. The molecule has 0 spiro atoms. The Morgan fingerprint density at radius 3 is 2.55 bits per heavy atom. The van der Waals surface area contributed by atoms with Crippen molar-refractivity contribution in [3.63, 3.8) is 0 Å². The van der Waals surface area contributed by atoms with Crippen LogP contribution in [0.3, 0.4) is 0 Å². The number of halogens is 1. The summed E-state index contributed by atoms with van der Waals surface area (Å²) in [5.41, 5.74) is 0.999. The number of hydrogen-bond donors (Lipinski definition) is 1. The maximum absolute atomic E-state index is 5.89. The van der Waals surface area contributed by atoms with Crippen LogP contribution >= 0.6 is 11.6 Å². The molecular formula is C18H25ClN2O.